The Morgan fingerprint density at radius 3 is 2.84 bits per heavy atom. The van der Waals surface area contributed by atoms with Crippen LogP contribution in [0.25, 0.3) is 10.1 Å². The van der Waals surface area contributed by atoms with E-state index >= 15 is 0 Å². The maximum atomic E-state index is 11.5. The number of fused-ring (bicyclic) bond motifs is 1. The lowest BCUT2D eigenvalue weighted by Gasteiger charge is -2.18. The van der Waals surface area contributed by atoms with Crippen molar-refractivity contribution in [3.05, 3.63) is 23.3 Å². The number of hydrogen-bond acceptors (Lipinski definition) is 8. The van der Waals surface area contributed by atoms with Crippen molar-refractivity contribution in [1.82, 2.24) is 4.98 Å². The predicted octanol–water partition coefficient (Wildman–Crippen LogP) is 2.48. The Morgan fingerprint density at radius 2 is 2.20 bits per heavy atom. The molecule has 0 amide bonds. The van der Waals surface area contributed by atoms with Crippen LogP contribution in [0.1, 0.15) is 18.5 Å². The predicted molar refractivity (Wildman–Crippen MR) is 108 cm³/mol. The molecular weight excluding hydrogens is 402 g/mol. The third kappa shape index (κ3) is 3.87. The van der Waals surface area contributed by atoms with Gasteiger partial charge >= 0.3 is 0 Å². The van der Waals surface area contributed by atoms with Gasteiger partial charge in [0.15, 0.2) is 0 Å². The van der Waals surface area contributed by atoms with Crippen molar-refractivity contribution in [2.24, 2.45) is 15.7 Å². The molecule has 1 aliphatic rings. The van der Waals surface area contributed by atoms with Gasteiger partial charge in [-0.1, -0.05) is 23.8 Å². The molecule has 11 heteroatoms. The first-order valence-electron chi connectivity index (χ1n) is 7.12. The number of aliphatic imine (C=N–C) groups is 2. The fourth-order valence-electron chi connectivity index (χ4n) is 2.31. The molecule has 3 N–H and O–H groups in total. The second-order valence-corrected chi connectivity index (χ2v) is 9.01. The molecule has 0 fully saturated rings. The number of nitrogens with two attached hydrogens (primary N) is 1. The van der Waals surface area contributed by atoms with Crippen molar-refractivity contribution in [3.8, 4) is 0 Å². The molecule has 0 saturated heterocycles. The first-order chi connectivity index (χ1) is 11.7. The number of pyridine rings is 1. The van der Waals surface area contributed by atoms with Crippen LogP contribution in [-0.2, 0) is 10.0 Å². The van der Waals surface area contributed by atoms with Crippen molar-refractivity contribution in [1.29, 1.82) is 0 Å². The Kier molecular flexibility index (Phi) is 4.91. The molecule has 0 bridgehead atoms. The van der Waals surface area contributed by atoms with Gasteiger partial charge in [0.2, 0.25) is 10.0 Å². The molecular formula is C14H14ClN5O2S3. The summed E-state index contributed by atoms with van der Waals surface area (Å²) in [5.74, 6) is 0.157. The monoisotopic (exact) mass is 415 g/mol. The zero-order valence-corrected chi connectivity index (χ0v) is 16.4. The summed E-state index contributed by atoms with van der Waals surface area (Å²) >= 11 is 12.5. The van der Waals surface area contributed by atoms with E-state index in [2.05, 4.69) is 19.7 Å². The third-order valence-electron chi connectivity index (χ3n) is 3.56. The summed E-state index contributed by atoms with van der Waals surface area (Å²) in [5, 5.41) is 2.66. The van der Waals surface area contributed by atoms with Crippen molar-refractivity contribution in [2.45, 2.75) is 19.0 Å². The van der Waals surface area contributed by atoms with E-state index < -0.39 is 16.2 Å². The smallest absolute Gasteiger partial charge is 0.229 e. The molecule has 3 rings (SSSR count). The highest BCUT2D eigenvalue weighted by Gasteiger charge is 2.24. The maximum Gasteiger partial charge on any atom is 0.229 e. The number of nitrogens with one attached hydrogen (secondary N) is 1. The number of nitrogens with zero attached hydrogens (tertiary/aromatic N) is 3. The lowest BCUT2D eigenvalue weighted by molar-refractivity contribution is 0.607. The zero-order valence-electron chi connectivity index (χ0n) is 13.2. The van der Waals surface area contributed by atoms with Crippen LogP contribution < -0.4 is 10.5 Å². The molecule has 2 atom stereocenters. The van der Waals surface area contributed by atoms with E-state index in [1.807, 2.05) is 13.0 Å². The first-order valence-corrected chi connectivity index (χ1v) is 10.7. The molecule has 0 radical (unpaired) electrons. The van der Waals surface area contributed by atoms with Gasteiger partial charge < -0.3 is 5.73 Å². The fraction of sp³-hybridized carbons (Fsp3) is 0.286. The topological polar surface area (TPSA) is 110 Å². The van der Waals surface area contributed by atoms with E-state index in [9.17, 15) is 8.42 Å². The minimum absolute atomic E-state index is 0.162. The van der Waals surface area contributed by atoms with Crippen molar-refractivity contribution < 1.29 is 8.42 Å². The lowest BCUT2D eigenvalue weighted by Crippen LogP contribution is -2.36. The van der Waals surface area contributed by atoms with Crippen LogP contribution in [0.15, 0.2) is 27.6 Å². The SMILES string of the molecule is CC(C1=NC(N)C(=S)C(Cl)=N1)c1cc2c(NS(C)(=O)=O)csc2cn1. The normalized spacial score (nSPS) is 19.5. The van der Waals surface area contributed by atoms with Crippen LogP contribution in [-0.4, -0.2) is 41.7 Å². The fourth-order valence-corrected chi connectivity index (χ4v) is 4.09. The molecule has 3 heterocycles. The Balaban J connectivity index is 2.00. The van der Waals surface area contributed by atoms with Crippen molar-refractivity contribution in [3.63, 3.8) is 0 Å². The van der Waals surface area contributed by atoms with E-state index in [0.717, 1.165) is 16.3 Å². The summed E-state index contributed by atoms with van der Waals surface area (Å²) in [6.45, 7) is 1.87. The Hall–Kier alpha value is -1.46. The highest BCUT2D eigenvalue weighted by Crippen LogP contribution is 2.32. The average molecular weight is 416 g/mol. The van der Waals surface area contributed by atoms with Gasteiger partial charge in [0.05, 0.1) is 33.1 Å². The van der Waals surface area contributed by atoms with Crippen LogP contribution in [0.2, 0.25) is 0 Å². The van der Waals surface area contributed by atoms with Gasteiger partial charge in [-0.2, -0.15) is 0 Å². The molecule has 0 spiro atoms. The molecule has 0 aromatic carbocycles. The van der Waals surface area contributed by atoms with Crippen molar-refractivity contribution in [2.75, 3.05) is 11.0 Å². The van der Waals surface area contributed by atoms with Gasteiger partial charge in [-0.05, 0) is 13.0 Å². The van der Waals surface area contributed by atoms with Gasteiger partial charge in [-0.3, -0.25) is 9.71 Å². The Bertz CT molecular complexity index is 1030. The largest absolute Gasteiger partial charge is 0.305 e. The van der Waals surface area contributed by atoms with E-state index in [4.69, 9.17) is 29.6 Å². The van der Waals surface area contributed by atoms with E-state index in [0.29, 0.717) is 22.1 Å². The first kappa shape index (κ1) is 18.3. The van der Waals surface area contributed by atoms with Gasteiger partial charge in [-0.25, -0.2) is 18.4 Å². The molecule has 7 nitrogen and oxygen atoms in total. The summed E-state index contributed by atoms with van der Waals surface area (Å²) in [6.07, 6.45) is 2.10. The molecule has 2 aromatic heterocycles. The van der Waals surface area contributed by atoms with E-state index in [-0.39, 0.29) is 11.1 Å². The van der Waals surface area contributed by atoms with Crippen LogP contribution in [0.4, 0.5) is 5.69 Å². The second kappa shape index (κ2) is 6.69. The molecule has 2 aromatic rings. The molecule has 0 aliphatic carbocycles. The molecule has 1 aliphatic heterocycles. The van der Waals surface area contributed by atoms with Crippen molar-refractivity contribution >= 4 is 76.8 Å². The highest BCUT2D eigenvalue weighted by atomic mass is 35.5. The number of thiophene rings is 1. The number of hydrogen-bond donors (Lipinski definition) is 2. The molecule has 25 heavy (non-hydrogen) atoms. The maximum absolute atomic E-state index is 11.5. The van der Waals surface area contributed by atoms with Crippen LogP contribution in [0.5, 0.6) is 0 Å². The molecule has 0 saturated carbocycles. The number of thiocarbonyl (C=S) groups is 1. The number of aromatic nitrogens is 1. The summed E-state index contributed by atoms with van der Waals surface area (Å²) < 4.78 is 26.4. The van der Waals surface area contributed by atoms with Crippen LogP contribution in [0.3, 0.4) is 0 Å². The highest BCUT2D eigenvalue weighted by molar-refractivity contribution is 7.92. The Labute approximate surface area is 159 Å². The van der Waals surface area contributed by atoms with Gasteiger partial charge in [0, 0.05) is 17.0 Å². The van der Waals surface area contributed by atoms with Crippen LogP contribution in [0, 0.1) is 0 Å². The quantitative estimate of drug-likeness (QED) is 0.745. The minimum Gasteiger partial charge on any atom is -0.305 e. The standard InChI is InChI=1S/C14H14ClN5O2S3/c1-6(14-18-12(15)11(23)13(16)19-14)8-3-7-9(20-25(2,21)22)5-24-10(7)4-17-8/h3-6,13,20H,16H2,1-2H3. The number of anilines is 1. The van der Waals surface area contributed by atoms with Gasteiger partial charge in [0.25, 0.3) is 0 Å². The molecule has 2 unspecified atom stereocenters. The summed E-state index contributed by atoms with van der Waals surface area (Å²) in [6, 6.07) is 1.81. The van der Waals surface area contributed by atoms with Crippen LogP contribution >= 0.6 is 35.2 Å². The number of halogens is 1. The summed E-state index contributed by atoms with van der Waals surface area (Å²) in [4.78, 5) is 13.2. The third-order valence-corrected chi connectivity index (χ3v) is 5.92. The minimum atomic E-state index is -3.37. The van der Waals surface area contributed by atoms with E-state index in [1.54, 1.807) is 11.6 Å². The summed E-state index contributed by atoms with van der Waals surface area (Å²) in [5.41, 5.74) is 7.05. The number of amidine groups is 1. The lowest BCUT2D eigenvalue weighted by atomic mass is 10.0. The number of sulfonamides is 1. The average Bonchev–Trinajstić information content (AvgIpc) is 2.92. The molecule has 132 valence electrons. The van der Waals surface area contributed by atoms with Gasteiger partial charge in [0.1, 0.15) is 17.2 Å². The number of rotatable bonds is 4. The van der Waals surface area contributed by atoms with Gasteiger partial charge in [-0.15, -0.1) is 11.3 Å². The zero-order chi connectivity index (χ0) is 18.4. The second-order valence-electron chi connectivity index (χ2n) is 5.55. The Morgan fingerprint density at radius 1 is 1.48 bits per heavy atom. The summed E-state index contributed by atoms with van der Waals surface area (Å²) in [7, 11) is -3.37. The van der Waals surface area contributed by atoms with E-state index in [1.165, 1.54) is 11.3 Å².